The van der Waals surface area contributed by atoms with Gasteiger partial charge in [-0.05, 0) is 37.8 Å². The Kier molecular flexibility index (Phi) is 8.03. The molecule has 130 valence electrons. The molecule has 2 atom stereocenters. The summed E-state index contributed by atoms with van der Waals surface area (Å²) in [6.07, 6.45) is 4.02. The lowest BCUT2D eigenvalue weighted by atomic mass is 9.74. The van der Waals surface area contributed by atoms with E-state index < -0.39 is 0 Å². The van der Waals surface area contributed by atoms with Gasteiger partial charge in [-0.3, -0.25) is 4.79 Å². The average molecular weight is 341 g/mol. The predicted octanol–water partition coefficient (Wildman–Crippen LogP) is 3.17. The molecule has 1 aromatic carbocycles. The monoisotopic (exact) mass is 340 g/mol. The van der Waals surface area contributed by atoms with E-state index >= 15 is 0 Å². The molecule has 1 aliphatic carbocycles. The third-order valence-corrected chi connectivity index (χ3v) is 4.60. The van der Waals surface area contributed by atoms with Crippen molar-refractivity contribution >= 4 is 18.3 Å². The van der Waals surface area contributed by atoms with Gasteiger partial charge in [0.1, 0.15) is 0 Å². The second-order valence-electron chi connectivity index (χ2n) is 6.43. The fourth-order valence-corrected chi connectivity index (χ4v) is 3.18. The second kappa shape index (κ2) is 9.26. The van der Waals surface area contributed by atoms with E-state index in [1.54, 1.807) is 0 Å². The molecule has 0 bridgehead atoms. The maximum Gasteiger partial charge on any atom is 0.225 e. The van der Waals surface area contributed by atoms with Gasteiger partial charge in [-0.15, -0.1) is 12.4 Å². The molecule has 23 heavy (non-hydrogen) atoms. The molecule has 1 saturated carbocycles. The van der Waals surface area contributed by atoms with Gasteiger partial charge in [-0.1, -0.05) is 37.1 Å². The zero-order chi connectivity index (χ0) is 16.0. The Morgan fingerprint density at radius 2 is 2.04 bits per heavy atom. The topological polar surface area (TPSA) is 64.3 Å². The third-order valence-electron chi connectivity index (χ3n) is 4.60. The largest absolute Gasteiger partial charge is 0.377 e. The molecule has 0 heterocycles. The van der Waals surface area contributed by atoms with Gasteiger partial charge in [0, 0.05) is 18.7 Å². The Morgan fingerprint density at radius 1 is 1.35 bits per heavy atom. The highest BCUT2D eigenvalue weighted by molar-refractivity contribution is 5.85. The SMILES string of the molecule is CCOCc1ccccc1CNC(=O)C1CCCCC1(C)N.Cl. The van der Waals surface area contributed by atoms with Crippen LogP contribution in [0.3, 0.4) is 0 Å². The number of carbonyl (C=O) groups excluding carboxylic acids is 1. The molecule has 1 aliphatic rings. The number of benzene rings is 1. The minimum atomic E-state index is -0.382. The molecule has 5 heteroatoms. The van der Waals surface area contributed by atoms with E-state index in [2.05, 4.69) is 5.32 Å². The van der Waals surface area contributed by atoms with E-state index in [0.29, 0.717) is 19.8 Å². The van der Waals surface area contributed by atoms with Gasteiger partial charge in [0.25, 0.3) is 0 Å². The summed E-state index contributed by atoms with van der Waals surface area (Å²) in [6, 6.07) is 8.07. The highest BCUT2D eigenvalue weighted by Crippen LogP contribution is 2.31. The van der Waals surface area contributed by atoms with Crippen LogP contribution in [-0.4, -0.2) is 18.1 Å². The van der Waals surface area contributed by atoms with E-state index in [1.807, 2.05) is 38.1 Å². The van der Waals surface area contributed by atoms with Crippen molar-refractivity contribution in [3.05, 3.63) is 35.4 Å². The van der Waals surface area contributed by atoms with E-state index in [1.165, 1.54) is 0 Å². The van der Waals surface area contributed by atoms with Crippen LogP contribution in [0.2, 0.25) is 0 Å². The van der Waals surface area contributed by atoms with Crippen molar-refractivity contribution in [3.63, 3.8) is 0 Å². The molecule has 2 rings (SSSR count). The second-order valence-corrected chi connectivity index (χ2v) is 6.43. The number of carbonyl (C=O) groups is 1. The summed E-state index contributed by atoms with van der Waals surface area (Å²) >= 11 is 0. The molecule has 1 fully saturated rings. The van der Waals surface area contributed by atoms with Crippen LogP contribution in [0, 0.1) is 5.92 Å². The smallest absolute Gasteiger partial charge is 0.225 e. The summed E-state index contributed by atoms with van der Waals surface area (Å²) in [7, 11) is 0. The quantitative estimate of drug-likeness (QED) is 0.836. The normalized spacial score (nSPS) is 23.9. The van der Waals surface area contributed by atoms with Crippen molar-refractivity contribution in [2.45, 2.75) is 58.2 Å². The minimum absolute atomic E-state index is 0. The molecule has 3 N–H and O–H groups in total. The van der Waals surface area contributed by atoms with Crippen LogP contribution in [0.1, 0.15) is 50.7 Å². The zero-order valence-electron chi connectivity index (χ0n) is 14.1. The lowest BCUT2D eigenvalue weighted by Crippen LogP contribution is -2.52. The molecular formula is C18H29ClN2O2. The van der Waals surface area contributed by atoms with Crippen molar-refractivity contribution in [1.29, 1.82) is 0 Å². The van der Waals surface area contributed by atoms with Crippen LogP contribution >= 0.6 is 12.4 Å². The van der Waals surface area contributed by atoms with Crippen LogP contribution in [0.5, 0.6) is 0 Å². The first kappa shape index (κ1) is 19.9. The molecule has 2 unspecified atom stereocenters. The molecule has 1 aromatic rings. The Labute approximate surface area is 145 Å². The predicted molar refractivity (Wildman–Crippen MR) is 95.4 cm³/mol. The summed E-state index contributed by atoms with van der Waals surface area (Å²) in [4.78, 5) is 12.5. The minimum Gasteiger partial charge on any atom is -0.377 e. The van der Waals surface area contributed by atoms with Gasteiger partial charge in [-0.2, -0.15) is 0 Å². The summed E-state index contributed by atoms with van der Waals surface area (Å²) in [5.74, 6) is -0.00350. The number of halogens is 1. The number of nitrogens with two attached hydrogens (primary N) is 1. The summed E-state index contributed by atoms with van der Waals surface area (Å²) in [5.41, 5.74) is 8.16. The van der Waals surface area contributed by atoms with Gasteiger partial charge in [0.05, 0.1) is 12.5 Å². The maximum absolute atomic E-state index is 12.5. The molecule has 1 amide bonds. The van der Waals surface area contributed by atoms with Gasteiger partial charge in [0.2, 0.25) is 5.91 Å². The van der Waals surface area contributed by atoms with Crippen molar-refractivity contribution in [2.75, 3.05) is 6.61 Å². The van der Waals surface area contributed by atoms with Crippen molar-refractivity contribution in [3.8, 4) is 0 Å². The number of ether oxygens (including phenoxy) is 1. The first-order chi connectivity index (χ1) is 10.5. The van der Waals surface area contributed by atoms with E-state index in [4.69, 9.17) is 10.5 Å². The fraction of sp³-hybridized carbons (Fsp3) is 0.611. The number of hydrogen-bond acceptors (Lipinski definition) is 3. The molecule has 0 spiro atoms. The van der Waals surface area contributed by atoms with Crippen LogP contribution in [0.4, 0.5) is 0 Å². The van der Waals surface area contributed by atoms with E-state index in [0.717, 1.165) is 36.8 Å². The summed E-state index contributed by atoms with van der Waals surface area (Å²) in [6.45, 7) is 5.79. The van der Waals surface area contributed by atoms with Gasteiger partial charge >= 0.3 is 0 Å². The molecule has 4 nitrogen and oxygen atoms in total. The van der Waals surface area contributed by atoms with E-state index in [-0.39, 0.29) is 29.8 Å². The molecule has 0 aromatic heterocycles. The molecular weight excluding hydrogens is 312 g/mol. The lowest BCUT2D eigenvalue weighted by molar-refractivity contribution is -0.128. The fourth-order valence-electron chi connectivity index (χ4n) is 3.18. The van der Waals surface area contributed by atoms with Crippen LogP contribution < -0.4 is 11.1 Å². The summed E-state index contributed by atoms with van der Waals surface area (Å²) in [5, 5.41) is 3.07. The highest BCUT2D eigenvalue weighted by atomic mass is 35.5. The standard InChI is InChI=1S/C18H28N2O2.ClH/c1-3-22-13-15-9-5-4-8-14(15)12-20-17(21)16-10-6-7-11-18(16,2)19;/h4-5,8-9,16H,3,6-7,10-13,19H2,1-2H3,(H,20,21);1H. The van der Waals surface area contributed by atoms with Crippen molar-refractivity contribution < 1.29 is 9.53 Å². The number of hydrogen-bond donors (Lipinski definition) is 2. The highest BCUT2D eigenvalue weighted by Gasteiger charge is 2.37. The number of amides is 1. The Morgan fingerprint density at radius 3 is 2.70 bits per heavy atom. The maximum atomic E-state index is 12.5. The van der Waals surface area contributed by atoms with Gasteiger partial charge in [-0.25, -0.2) is 0 Å². The van der Waals surface area contributed by atoms with Crippen LogP contribution in [0.15, 0.2) is 24.3 Å². The van der Waals surface area contributed by atoms with Gasteiger partial charge in [0.15, 0.2) is 0 Å². The van der Waals surface area contributed by atoms with Crippen molar-refractivity contribution in [1.82, 2.24) is 5.32 Å². The lowest BCUT2D eigenvalue weighted by Gasteiger charge is -2.37. The summed E-state index contributed by atoms with van der Waals surface area (Å²) < 4.78 is 5.48. The van der Waals surface area contributed by atoms with E-state index in [9.17, 15) is 4.79 Å². The van der Waals surface area contributed by atoms with Crippen LogP contribution in [-0.2, 0) is 22.7 Å². The first-order valence-corrected chi connectivity index (χ1v) is 8.25. The number of nitrogens with one attached hydrogen (secondary N) is 1. The van der Waals surface area contributed by atoms with Crippen LogP contribution in [0.25, 0.3) is 0 Å². The van der Waals surface area contributed by atoms with Gasteiger partial charge < -0.3 is 15.8 Å². The molecule has 0 saturated heterocycles. The molecule has 0 aliphatic heterocycles. The average Bonchev–Trinajstić information content (AvgIpc) is 2.51. The van der Waals surface area contributed by atoms with Crippen molar-refractivity contribution in [2.24, 2.45) is 11.7 Å². The Bertz CT molecular complexity index is 506. The first-order valence-electron chi connectivity index (χ1n) is 8.25. The Hall–Kier alpha value is -1.10. The number of rotatable bonds is 6. The zero-order valence-corrected chi connectivity index (χ0v) is 15.0. The molecule has 0 radical (unpaired) electrons. The third kappa shape index (κ3) is 5.48. The Balaban J connectivity index is 0.00000264.